The van der Waals surface area contributed by atoms with Crippen molar-refractivity contribution in [3.8, 4) is 0 Å². The Bertz CT molecular complexity index is 602. The summed E-state index contributed by atoms with van der Waals surface area (Å²) in [6, 6.07) is 7.95. The summed E-state index contributed by atoms with van der Waals surface area (Å²) in [5.41, 5.74) is 0.362. The first-order valence-corrected chi connectivity index (χ1v) is 6.17. The second kappa shape index (κ2) is 5.50. The number of rotatable bonds is 3. The molecule has 0 saturated heterocycles. The summed E-state index contributed by atoms with van der Waals surface area (Å²) in [5, 5.41) is 0.284. The molecule has 0 aliphatic rings. The number of hydrogen-bond acceptors (Lipinski definition) is 2. The zero-order valence-corrected chi connectivity index (χ0v) is 10.6. The SMILES string of the molecule is O=Cc1ccc(Sc2cc(F)ccc2F)cc1Cl. The quantitative estimate of drug-likeness (QED) is 0.767. The van der Waals surface area contributed by atoms with Crippen LogP contribution in [0.4, 0.5) is 8.78 Å². The van der Waals surface area contributed by atoms with Crippen LogP contribution >= 0.6 is 23.4 Å². The third kappa shape index (κ3) is 2.89. The summed E-state index contributed by atoms with van der Waals surface area (Å²) in [6.45, 7) is 0. The first-order valence-electron chi connectivity index (χ1n) is 4.98. The molecule has 0 unspecified atom stereocenters. The van der Waals surface area contributed by atoms with Crippen LogP contribution in [0, 0.1) is 11.6 Å². The third-order valence-electron chi connectivity index (χ3n) is 2.22. The smallest absolute Gasteiger partial charge is 0.151 e. The van der Waals surface area contributed by atoms with E-state index < -0.39 is 11.6 Å². The zero-order chi connectivity index (χ0) is 13.1. The molecule has 2 aromatic carbocycles. The fourth-order valence-corrected chi connectivity index (χ4v) is 2.54. The van der Waals surface area contributed by atoms with Crippen molar-refractivity contribution in [2.75, 3.05) is 0 Å². The highest BCUT2D eigenvalue weighted by Gasteiger charge is 2.07. The van der Waals surface area contributed by atoms with Gasteiger partial charge in [0.2, 0.25) is 0 Å². The van der Waals surface area contributed by atoms with Gasteiger partial charge in [0.25, 0.3) is 0 Å². The lowest BCUT2D eigenvalue weighted by atomic mass is 10.2. The molecule has 0 saturated carbocycles. The average molecular weight is 285 g/mol. The summed E-state index contributed by atoms with van der Waals surface area (Å²) in [5.74, 6) is -1.01. The number of hydrogen-bond donors (Lipinski definition) is 0. The van der Waals surface area contributed by atoms with E-state index in [1.807, 2.05) is 0 Å². The normalized spacial score (nSPS) is 10.4. The molecule has 0 amide bonds. The van der Waals surface area contributed by atoms with Gasteiger partial charge in [0.1, 0.15) is 11.6 Å². The molecule has 0 spiro atoms. The Hall–Kier alpha value is -1.39. The molecule has 0 heterocycles. The molecule has 0 bridgehead atoms. The van der Waals surface area contributed by atoms with Crippen molar-refractivity contribution in [1.82, 2.24) is 0 Å². The summed E-state index contributed by atoms with van der Waals surface area (Å²) in [6.07, 6.45) is 0.638. The number of benzene rings is 2. The molecule has 92 valence electrons. The van der Waals surface area contributed by atoms with E-state index in [4.69, 9.17) is 11.6 Å². The van der Waals surface area contributed by atoms with E-state index in [9.17, 15) is 13.6 Å². The average Bonchev–Trinajstić information content (AvgIpc) is 2.34. The maximum Gasteiger partial charge on any atom is 0.151 e. The van der Waals surface area contributed by atoms with Crippen LogP contribution in [0.15, 0.2) is 46.2 Å². The van der Waals surface area contributed by atoms with Gasteiger partial charge in [-0.2, -0.15) is 0 Å². The van der Waals surface area contributed by atoms with E-state index in [0.29, 0.717) is 16.7 Å². The highest BCUT2D eigenvalue weighted by atomic mass is 35.5. The van der Waals surface area contributed by atoms with Crippen LogP contribution in [0.2, 0.25) is 5.02 Å². The maximum atomic E-state index is 13.4. The highest BCUT2D eigenvalue weighted by molar-refractivity contribution is 7.99. The van der Waals surface area contributed by atoms with Gasteiger partial charge in [-0.05, 0) is 36.4 Å². The van der Waals surface area contributed by atoms with Gasteiger partial charge in [-0.15, -0.1) is 0 Å². The van der Waals surface area contributed by atoms with E-state index >= 15 is 0 Å². The fourth-order valence-electron chi connectivity index (χ4n) is 1.35. The Balaban J connectivity index is 2.31. The third-order valence-corrected chi connectivity index (χ3v) is 3.57. The predicted molar refractivity (Wildman–Crippen MR) is 67.3 cm³/mol. The van der Waals surface area contributed by atoms with Gasteiger partial charge in [-0.25, -0.2) is 8.78 Å². The molecule has 0 aromatic heterocycles. The van der Waals surface area contributed by atoms with Gasteiger partial charge >= 0.3 is 0 Å². The maximum absolute atomic E-state index is 13.4. The second-order valence-electron chi connectivity index (χ2n) is 3.48. The van der Waals surface area contributed by atoms with Crippen molar-refractivity contribution >= 4 is 29.6 Å². The Morgan fingerprint density at radius 2 is 1.89 bits per heavy atom. The molecule has 0 aliphatic carbocycles. The van der Waals surface area contributed by atoms with Gasteiger partial charge in [-0.1, -0.05) is 23.4 Å². The van der Waals surface area contributed by atoms with Crippen molar-refractivity contribution in [2.24, 2.45) is 0 Å². The first-order chi connectivity index (χ1) is 8.60. The van der Waals surface area contributed by atoms with Crippen molar-refractivity contribution in [3.05, 3.63) is 58.6 Å². The molecular formula is C13H7ClF2OS. The minimum Gasteiger partial charge on any atom is -0.298 e. The van der Waals surface area contributed by atoms with E-state index in [2.05, 4.69) is 0 Å². The molecule has 0 radical (unpaired) electrons. The van der Waals surface area contributed by atoms with Crippen LogP contribution in [0.25, 0.3) is 0 Å². The molecule has 0 atom stereocenters. The fraction of sp³-hybridized carbons (Fsp3) is 0. The van der Waals surface area contributed by atoms with E-state index in [-0.39, 0.29) is 9.92 Å². The molecule has 0 aliphatic heterocycles. The predicted octanol–water partition coefficient (Wildman–Crippen LogP) is 4.58. The number of halogens is 3. The van der Waals surface area contributed by atoms with Crippen LogP contribution in [-0.2, 0) is 0 Å². The molecule has 2 rings (SSSR count). The Morgan fingerprint density at radius 3 is 2.56 bits per heavy atom. The zero-order valence-electron chi connectivity index (χ0n) is 8.99. The number of carbonyl (C=O) groups is 1. The lowest BCUT2D eigenvalue weighted by Gasteiger charge is -2.05. The second-order valence-corrected chi connectivity index (χ2v) is 5.00. The summed E-state index contributed by atoms with van der Waals surface area (Å²) in [4.78, 5) is 11.4. The topological polar surface area (TPSA) is 17.1 Å². The van der Waals surface area contributed by atoms with Crippen molar-refractivity contribution in [2.45, 2.75) is 9.79 Å². The van der Waals surface area contributed by atoms with Crippen molar-refractivity contribution in [3.63, 3.8) is 0 Å². The minimum atomic E-state index is -0.505. The molecule has 2 aromatic rings. The summed E-state index contributed by atoms with van der Waals surface area (Å²) in [7, 11) is 0. The molecule has 1 nitrogen and oxygen atoms in total. The van der Waals surface area contributed by atoms with Crippen LogP contribution in [0.1, 0.15) is 10.4 Å². The van der Waals surface area contributed by atoms with E-state index in [0.717, 1.165) is 30.0 Å². The standard InChI is InChI=1S/C13H7ClF2OS/c14-11-6-10(3-1-8(11)7-17)18-13-5-9(15)2-4-12(13)16/h1-7H. The number of carbonyl (C=O) groups excluding carboxylic acids is 1. The van der Waals surface area contributed by atoms with Gasteiger partial charge in [-0.3, -0.25) is 4.79 Å². The van der Waals surface area contributed by atoms with E-state index in [1.54, 1.807) is 12.1 Å². The van der Waals surface area contributed by atoms with Gasteiger partial charge in [0, 0.05) is 10.5 Å². The highest BCUT2D eigenvalue weighted by Crippen LogP contribution is 2.32. The van der Waals surface area contributed by atoms with Crippen LogP contribution in [-0.4, -0.2) is 6.29 Å². The number of aldehydes is 1. The van der Waals surface area contributed by atoms with Gasteiger partial charge in [0.05, 0.1) is 9.92 Å². The van der Waals surface area contributed by atoms with Crippen LogP contribution < -0.4 is 0 Å². The lowest BCUT2D eigenvalue weighted by molar-refractivity contribution is 0.112. The first kappa shape index (κ1) is 13.1. The molecule has 18 heavy (non-hydrogen) atoms. The largest absolute Gasteiger partial charge is 0.298 e. The Morgan fingerprint density at radius 1 is 1.11 bits per heavy atom. The Labute approximate surface area is 112 Å². The minimum absolute atomic E-state index is 0.171. The van der Waals surface area contributed by atoms with Crippen molar-refractivity contribution in [1.29, 1.82) is 0 Å². The van der Waals surface area contributed by atoms with Crippen molar-refractivity contribution < 1.29 is 13.6 Å². The van der Waals surface area contributed by atoms with Crippen LogP contribution in [0.5, 0.6) is 0 Å². The van der Waals surface area contributed by atoms with E-state index in [1.165, 1.54) is 6.07 Å². The lowest BCUT2D eigenvalue weighted by Crippen LogP contribution is -1.85. The summed E-state index contributed by atoms with van der Waals surface area (Å²) < 4.78 is 26.4. The molecule has 0 N–H and O–H groups in total. The van der Waals surface area contributed by atoms with Gasteiger partial charge < -0.3 is 0 Å². The van der Waals surface area contributed by atoms with Crippen LogP contribution in [0.3, 0.4) is 0 Å². The molecule has 5 heteroatoms. The van der Waals surface area contributed by atoms with Gasteiger partial charge in [0.15, 0.2) is 6.29 Å². The monoisotopic (exact) mass is 284 g/mol. The summed E-state index contributed by atoms with van der Waals surface area (Å²) >= 11 is 6.90. The molecule has 0 fully saturated rings. The Kier molecular flexibility index (Phi) is 3.99. The molecular weight excluding hydrogens is 278 g/mol.